The summed E-state index contributed by atoms with van der Waals surface area (Å²) >= 11 is 0. The molecule has 0 saturated heterocycles. The van der Waals surface area contributed by atoms with Crippen molar-refractivity contribution in [3.05, 3.63) is 83.9 Å². The molecule has 0 saturated carbocycles. The molecular formula is C35H43N3O5. The van der Waals surface area contributed by atoms with Crippen molar-refractivity contribution in [1.82, 2.24) is 9.80 Å². The number of carbonyl (C=O) groups excluding carboxylic acids is 2. The summed E-state index contributed by atoms with van der Waals surface area (Å²) in [6.07, 6.45) is 0.723. The van der Waals surface area contributed by atoms with E-state index in [0.717, 1.165) is 34.4 Å². The van der Waals surface area contributed by atoms with Gasteiger partial charge >= 0.3 is 11.9 Å². The molecule has 4 rings (SSSR count). The van der Waals surface area contributed by atoms with Gasteiger partial charge in [-0.2, -0.15) is 0 Å². The first kappa shape index (κ1) is 31.8. The Kier molecular flexibility index (Phi) is 11.0. The number of rotatable bonds is 7. The van der Waals surface area contributed by atoms with Gasteiger partial charge in [-0.1, -0.05) is 82.3 Å². The van der Waals surface area contributed by atoms with Gasteiger partial charge in [-0.3, -0.25) is 14.5 Å². The van der Waals surface area contributed by atoms with Crippen molar-refractivity contribution >= 4 is 23.5 Å². The van der Waals surface area contributed by atoms with Crippen LogP contribution in [0.2, 0.25) is 0 Å². The van der Waals surface area contributed by atoms with Crippen LogP contribution in [-0.4, -0.2) is 65.5 Å². The Bertz CT molecular complexity index is 1410. The van der Waals surface area contributed by atoms with E-state index in [9.17, 15) is 19.5 Å². The molecule has 0 unspecified atom stereocenters. The fourth-order valence-electron chi connectivity index (χ4n) is 5.24. The molecule has 2 amide bonds. The van der Waals surface area contributed by atoms with Gasteiger partial charge in [0, 0.05) is 50.9 Å². The Morgan fingerprint density at radius 3 is 2.28 bits per heavy atom. The van der Waals surface area contributed by atoms with Gasteiger partial charge in [0.05, 0.1) is 6.61 Å². The van der Waals surface area contributed by atoms with Crippen molar-refractivity contribution < 1.29 is 24.2 Å². The van der Waals surface area contributed by atoms with Gasteiger partial charge in [0.15, 0.2) is 0 Å². The quantitative estimate of drug-likeness (QED) is 0.358. The van der Waals surface area contributed by atoms with Crippen molar-refractivity contribution in [2.45, 2.75) is 47.2 Å². The average Bonchev–Trinajstić information content (AvgIpc) is 3.03. The molecule has 8 heteroatoms. The van der Waals surface area contributed by atoms with Gasteiger partial charge in [0.1, 0.15) is 5.75 Å². The molecule has 0 bridgehead atoms. The summed E-state index contributed by atoms with van der Waals surface area (Å²) in [7, 11) is 0. The zero-order chi connectivity index (χ0) is 30.9. The number of fused-ring (bicyclic) bond motifs is 1. The van der Waals surface area contributed by atoms with E-state index in [1.54, 1.807) is 0 Å². The average molecular weight is 586 g/mol. The minimum atomic E-state index is -1.49. The van der Waals surface area contributed by atoms with E-state index in [1.807, 2.05) is 79.4 Å². The van der Waals surface area contributed by atoms with E-state index in [2.05, 4.69) is 30.9 Å². The maximum atomic E-state index is 13.7. The summed E-state index contributed by atoms with van der Waals surface area (Å²) in [6, 6.07) is 23.8. The molecule has 43 heavy (non-hydrogen) atoms. The minimum Gasteiger partial charge on any atom is -0.493 e. The highest BCUT2D eigenvalue weighted by Crippen LogP contribution is 2.32. The van der Waals surface area contributed by atoms with Crippen LogP contribution in [-0.2, 0) is 27.5 Å². The topological polar surface area (TPSA) is 90.4 Å². The Morgan fingerprint density at radius 2 is 1.58 bits per heavy atom. The number of carboxylic acids is 1. The third kappa shape index (κ3) is 8.67. The highest BCUT2D eigenvalue weighted by molar-refractivity contribution is 6.31. The lowest BCUT2D eigenvalue weighted by Gasteiger charge is -2.29. The summed E-state index contributed by atoms with van der Waals surface area (Å²) in [5.74, 6) is -1.53. The fourth-order valence-corrected chi connectivity index (χ4v) is 5.24. The van der Waals surface area contributed by atoms with Gasteiger partial charge in [-0.25, -0.2) is 4.79 Å². The number of aliphatic carboxylic acids is 1. The maximum absolute atomic E-state index is 13.7. The first-order valence-corrected chi connectivity index (χ1v) is 15.1. The van der Waals surface area contributed by atoms with E-state index < -0.39 is 11.9 Å². The van der Waals surface area contributed by atoms with Crippen molar-refractivity contribution in [1.29, 1.82) is 0 Å². The highest BCUT2D eigenvalue weighted by Gasteiger charge is 2.27. The zero-order valence-corrected chi connectivity index (χ0v) is 25.7. The standard InChI is InChI=1S/C35H43N3O5/c1-25(2)24-43-31-13-8-12-28(20-31)29-14-15-30-23-37(34(40)35(41)42)19-18-36(22-27-10-6-5-7-11-27)16-9-17-38(32(30)21-29)33(39)26(3)4/h5-8,10-15,20-21,25-26H,9,16-19,22-24H2,1-4H3,(H,41,42). The van der Waals surface area contributed by atoms with Crippen LogP contribution in [0.4, 0.5) is 5.69 Å². The predicted octanol–water partition coefficient (Wildman–Crippen LogP) is 5.70. The van der Waals surface area contributed by atoms with Crippen LogP contribution < -0.4 is 9.64 Å². The molecule has 1 heterocycles. The predicted molar refractivity (Wildman–Crippen MR) is 169 cm³/mol. The minimum absolute atomic E-state index is 0.0163. The molecule has 228 valence electrons. The number of hydrogen-bond donors (Lipinski definition) is 1. The number of carboxylic acid groups (broad SMARTS) is 1. The molecule has 0 atom stereocenters. The van der Waals surface area contributed by atoms with Crippen LogP contribution in [0.15, 0.2) is 72.8 Å². The van der Waals surface area contributed by atoms with Crippen LogP contribution in [0.1, 0.15) is 45.2 Å². The van der Waals surface area contributed by atoms with Crippen LogP contribution in [0, 0.1) is 11.8 Å². The Balaban J connectivity index is 1.74. The molecule has 0 aliphatic carbocycles. The fraction of sp³-hybridized carbons (Fsp3) is 0.400. The number of nitrogens with zero attached hydrogens (tertiary/aromatic N) is 3. The van der Waals surface area contributed by atoms with Crippen molar-refractivity contribution in [3.8, 4) is 16.9 Å². The first-order chi connectivity index (χ1) is 20.6. The monoisotopic (exact) mass is 585 g/mol. The summed E-state index contributed by atoms with van der Waals surface area (Å²) in [5.41, 5.74) is 4.42. The largest absolute Gasteiger partial charge is 0.493 e. The van der Waals surface area contributed by atoms with E-state index in [0.29, 0.717) is 44.4 Å². The number of hydrogen-bond acceptors (Lipinski definition) is 5. The third-order valence-corrected chi connectivity index (χ3v) is 7.51. The second kappa shape index (κ2) is 14.8. The Morgan fingerprint density at radius 1 is 0.837 bits per heavy atom. The summed E-state index contributed by atoms with van der Waals surface area (Å²) < 4.78 is 5.96. The number of benzene rings is 3. The SMILES string of the molecule is CC(C)COc1cccc(-c2ccc3c(c2)N(C(=O)C(C)C)CCCN(Cc2ccccc2)CCN(C(=O)C(=O)O)C3)c1. The first-order valence-electron chi connectivity index (χ1n) is 15.1. The summed E-state index contributed by atoms with van der Waals surface area (Å²) in [4.78, 5) is 43.8. The van der Waals surface area contributed by atoms with Crippen molar-refractivity contribution in [2.24, 2.45) is 11.8 Å². The Hall–Kier alpha value is -4.17. The van der Waals surface area contributed by atoms with Crippen LogP contribution >= 0.6 is 0 Å². The van der Waals surface area contributed by atoms with Crippen LogP contribution in [0.25, 0.3) is 11.1 Å². The third-order valence-electron chi connectivity index (χ3n) is 7.51. The van der Waals surface area contributed by atoms with E-state index in [1.165, 1.54) is 4.90 Å². The molecule has 0 fully saturated rings. The Labute approximate surface area is 254 Å². The van der Waals surface area contributed by atoms with Gasteiger partial charge in [0.25, 0.3) is 0 Å². The molecule has 1 aliphatic rings. The molecule has 8 nitrogen and oxygen atoms in total. The lowest BCUT2D eigenvalue weighted by atomic mass is 10.00. The van der Waals surface area contributed by atoms with Crippen molar-refractivity contribution in [2.75, 3.05) is 37.7 Å². The molecular weight excluding hydrogens is 542 g/mol. The smallest absolute Gasteiger partial charge is 0.394 e. The maximum Gasteiger partial charge on any atom is 0.394 e. The highest BCUT2D eigenvalue weighted by atomic mass is 16.5. The van der Waals surface area contributed by atoms with Gasteiger partial charge in [-0.15, -0.1) is 0 Å². The molecule has 3 aromatic rings. The second-order valence-corrected chi connectivity index (χ2v) is 11.9. The zero-order valence-electron chi connectivity index (χ0n) is 25.7. The normalized spacial score (nSPS) is 14.7. The molecule has 1 N–H and O–H groups in total. The van der Waals surface area contributed by atoms with E-state index in [4.69, 9.17) is 4.74 Å². The molecule has 1 aliphatic heterocycles. The van der Waals surface area contributed by atoms with Crippen molar-refractivity contribution in [3.63, 3.8) is 0 Å². The lowest BCUT2D eigenvalue weighted by molar-refractivity contribution is -0.156. The molecule has 3 aromatic carbocycles. The summed E-state index contributed by atoms with van der Waals surface area (Å²) in [5, 5.41) is 9.66. The molecule has 0 spiro atoms. The second-order valence-electron chi connectivity index (χ2n) is 11.9. The van der Waals surface area contributed by atoms with Gasteiger partial charge < -0.3 is 19.6 Å². The van der Waals surface area contributed by atoms with Crippen LogP contribution in [0.3, 0.4) is 0 Å². The van der Waals surface area contributed by atoms with Crippen LogP contribution in [0.5, 0.6) is 5.75 Å². The van der Waals surface area contributed by atoms with Gasteiger partial charge in [0.2, 0.25) is 5.91 Å². The van der Waals surface area contributed by atoms with E-state index in [-0.39, 0.29) is 24.9 Å². The summed E-state index contributed by atoms with van der Waals surface area (Å²) in [6.45, 7) is 11.3. The molecule has 0 radical (unpaired) electrons. The van der Waals surface area contributed by atoms with E-state index >= 15 is 0 Å². The molecule has 0 aromatic heterocycles. The lowest BCUT2D eigenvalue weighted by Crippen LogP contribution is -2.41. The van der Waals surface area contributed by atoms with Gasteiger partial charge in [-0.05, 0) is 52.8 Å². The number of amides is 2. The number of anilines is 1. The number of ether oxygens (including phenoxy) is 1. The number of carbonyl (C=O) groups is 3.